The predicted octanol–water partition coefficient (Wildman–Crippen LogP) is 6.61. The molecule has 0 bridgehead atoms. The molecule has 1 aliphatic heterocycles. The van der Waals surface area contributed by atoms with E-state index in [0.717, 1.165) is 35.0 Å². The van der Waals surface area contributed by atoms with E-state index in [1.165, 1.54) is 6.33 Å². The van der Waals surface area contributed by atoms with Crippen LogP contribution in [0, 0.1) is 12.7 Å². The Hall–Kier alpha value is -5.85. The van der Waals surface area contributed by atoms with Gasteiger partial charge in [0.05, 0.1) is 17.1 Å². The molecule has 0 spiro atoms. The quantitative estimate of drug-likeness (QED) is 0.181. The highest BCUT2D eigenvalue weighted by Crippen LogP contribution is 2.46. The molecule has 4 heterocycles. The van der Waals surface area contributed by atoms with Crippen LogP contribution < -0.4 is 10.2 Å². The molecule has 1 atom stereocenters. The maximum absolute atomic E-state index is 16.2. The maximum Gasteiger partial charge on any atom is 0.410 e. The Labute approximate surface area is 293 Å². The molecule has 2 N–H and O–H groups in total. The Balaban J connectivity index is 0.981. The number of ether oxygens (including phenoxy) is 1. The van der Waals surface area contributed by atoms with Crippen molar-refractivity contribution in [1.29, 1.82) is 0 Å². The minimum atomic E-state index is -0.522. The zero-order valence-corrected chi connectivity index (χ0v) is 28.6. The smallest absolute Gasteiger partial charge is 0.410 e. The van der Waals surface area contributed by atoms with Gasteiger partial charge in [0.2, 0.25) is 0 Å². The first-order valence-electron chi connectivity index (χ1n) is 17.1. The molecule has 3 aromatic heterocycles. The first-order valence-corrected chi connectivity index (χ1v) is 17.1. The van der Waals surface area contributed by atoms with Crippen molar-refractivity contribution in [3.63, 3.8) is 0 Å². The molecule has 0 radical (unpaired) electrons. The lowest BCUT2D eigenvalue weighted by molar-refractivity contribution is 0.0894. The standard InChI is InChI=1S/C38H37FN8O4/c1-22-26(23(2)42-34(48)35-44-36(45-51-35)38(3)13-14-38)11-12-28(31(22)39)32-30-27-10-9-25(19-29(27)43-33(30)41-21-40-32)46-15-17-47(18-16-46)37(49)50-20-24-7-5-4-6-8-24/h4-12,19,21,23H,13-18,20H2,1-3H3,(H,42,48)(H,40,41,43)/t23-/m1/s1. The first kappa shape index (κ1) is 32.4. The number of halogens is 1. The lowest BCUT2D eigenvalue weighted by Crippen LogP contribution is -2.48. The van der Waals surface area contributed by atoms with Gasteiger partial charge < -0.3 is 29.4 Å². The molecule has 1 saturated heterocycles. The van der Waals surface area contributed by atoms with Crippen molar-refractivity contribution < 1.29 is 23.2 Å². The van der Waals surface area contributed by atoms with E-state index >= 15 is 4.39 Å². The number of piperazine rings is 1. The zero-order valence-electron chi connectivity index (χ0n) is 28.6. The van der Waals surface area contributed by atoms with Crippen molar-refractivity contribution in [3.8, 4) is 11.3 Å². The first-order chi connectivity index (χ1) is 24.7. The Morgan fingerprint density at radius 3 is 2.61 bits per heavy atom. The van der Waals surface area contributed by atoms with E-state index in [9.17, 15) is 9.59 Å². The highest BCUT2D eigenvalue weighted by Gasteiger charge is 2.44. The number of nitrogens with one attached hydrogen (secondary N) is 2. The van der Waals surface area contributed by atoms with E-state index in [2.05, 4.69) is 41.4 Å². The van der Waals surface area contributed by atoms with Gasteiger partial charge in [-0.25, -0.2) is 19.2 Å². The zero-order chi connectivity index (χ0) is 35.3. The Morgan fingerprint density at radius 2 is 1.84 bits per heavy atom. The molecular formula is C38H37FN8O4. The second kappa shape index (κ2) is 12.8. The molecule has 13 heteroatoms. The number of amides is 2. The van der Waals surface area contributed by atoms with Gasteiger partial charge in [0.1, 0.15) is 24.4 Å². The number of nitrogens with zero attached hydrogens (tertiary/aromatic N) is 6. The maximum atomic E-state index is 16.2. The number of carbonyl (C=O) groups is 2. The summed E-state index contributed by atoms with van der Waals surface area (Å²) in [6.45, 7) is 8.16. The Kier molecular flexibility index (Phi) is 8.12. The van der Waals surface area contributed by atoms with Crippen LogP contribution in [0.25, 0.3) is 33.2 Å². The summed E-state index contributed by atoms with van der Waals surface area (Å²) in [7, 11) is 0. The molecule has 3 aromatic carbocycles. The van der Waals surface area contributed by atoms with Crippen LogP contribution in [0.1, 0.15) is 65.9 Å². The number of carbonyl (C=O) groups excluding carboxylic acids is 2. The molecule has 51 heavy (non-hydrogen) atoms. The second-order valence-corrected chi connectivity index (χ2v) is 13.6. The van der Waals surface area contributed by atoms with Crippen molar-refractivity contribution >= 4 is 39.6 Å². The number of anilines is 1. The van der Waals surface area contributed by atoms with E-state index < -0.39 is 17.8 Å². The molecule has 2 aliphatic rings. The van der Waals surface area contributed by atoms with Crippen molar-refractivity contribution in [2.24, 2.45) is 0 Å². The number of aromatic nitrogens is 5. The molecule has 12 nitrogen and oxygen atoms in total. The molecule has 1 aliphatic carbocycles. The number of benzene rings is 3. The number of aromatic amines is 1. The van der Waals surface area contributed by atoms with Crippen molar-refractivity contribution in [3.05, 3.63) is 101 Å². The van der Waals surface area contributed by atoms with Crippen molar-refractivity contribution in [2.75, 3.05) is 31.1 Å². The number of rotatable bonds is 8. The molecule has 8 rings (SSSR count). The van der Waals surface area contributed by atoms with Crippen molar-refractivity contribution in [1.82, 2.24) is 35.3 Å². The van der Waals surface area contributed by atoms with E-state index in [1.807, 2.05) is 49.4 Å². The van der Waals surface area contributed by atoms with Gasteiger partial charge in [-0.3, -0.25) is 4.79 Å². The summed E-state index contributed by atoms with van der Waals surface area (Å²) in [6.07, 6.45) is 3.03. The van der Waals surface area contributed by atoms with Crippen LogP contribution in [0.5, 0.6) is 0 Å². The number of hydrogen-bond donors (Lipinski definition) is 2. The Bertz CT molecular complexity index is 2270. The second-order valence-electron chi connectivity index (χ2n) is 13.6. The lowest BCUT2D eigenvalue weighted by atomic mass is 9.96. The lowest BCUT2D eigenvalue weighted by Gasteiger charge is -2.35. The van der Waals surface area contributed by atoms with Gasteiger partial charge in [-0.15, -0.1) is 0 Å². The fraction of sp³-hybridized carbons (Fsp3) is 0.316. The normalized spacial score (nSPS) is 16.0. The van der Waals surface area contributed by atoms with E-state index in [0.29, 0.717) is 65.4 Å². The summed E-state index contributed by atoms with van der Waals surface area (Å²) in [5.74, 6) is -0.504. The van der Waals surface area contributed by atoms with Crippen LogP contribution in [0.3, 0.4) is 0 Å². The van der Waals surface area contributed by atoms with Crippen LogP contribution in [-0.4, -0.2) is 68.2 Å². The number of fused-ring (bicyclic) bond motifs is 3. The van der Waals surface area contributed by atoms with Crippen LogP contribution >= 0.6 is 0 Å². The van der Waals surface area contributed by atoms with Gasteiger partial charge in [0.15, 0.2) is 5.82 Å². The van der Waals surface area contributed by atoms with E-state index in [-0.39, 0.29) is 24.0 Å². The topological polar surface area (TPSA) is 142 Å². The predicted molar refractivity (Wildman–Crippen MR) is 189 cm³/mol. The number of H-pyrrole nitrogens is 1. The van der Waals surface area contributed by atoms with Gasteiger partial charge in [-0.05, 0) is 61.6 Å². The highest BCUT2D eigenvalue weighted by atomic mass is 19.1. The third kappa shape index (κ3) is 6.13. The summed E-state index contributed by atoms with van der Waals surface area (Å²) < 4.78 is 26.9. The largest absolute Gasteiger partial charge is 0.445 e. The average molecular weight is 689 g/mol. The third-order valence-corrected chi connectivity index (χ3v) is 10.1. The van der Waals surface area contributed by atoms with Crippen LogP contribution in [0.2, 0.25) is 0 Å². The molecule has 0 unspecified atom stereocenters. The summed E-state index contributed by atoms with van der Waals surface area (Å²) in [4.78, 5) is 46.2. The van der Waals surface area contributed by atoms with E-state index in [4.69, 9.17) is 9.26 Å². The van der Waals surface area contributed by atoms with Crippen LogP contribution in [0.15, 0.2) is 71.5 Å². The van der Waals surface area contributed by atoms with Crippen LogP contribution in [-0.2, 0) is 16.8 Å². The van der Waals surface area contributed by atoms with Gasteiger partial charge in [-0.1, -0.05) is 54.5 Å². The molecule has 2 fully saturated rings. The van der Waals surface area contributed by atoms with Gasteiger partial charge in [0, 0.05) is 53.7 Å². The summed E-state index contributed by atoms with van der Waals surface area (Å²) >= 11 is 0. The molecule has 260 valence electrons. The monoisotopic (exact) mass is 688 g/mol. The number of hydrogen-bond acceptors (Lipinski definition) is 9. The summed E-state index contributed by atoms with van der Waals surface area (Å²) in [5, 5.41) is 8.43. The highest BCUT2D eigenvalue weighted by molar-refractivity contribution is 6.12. The third-order valence-electron chi connectivity index (χ3n) is 10.1. The van der Waals surface area contributed by atoms with Crippen LogP contribution in [0.4, 0.5) is 14.9 Å². The SMILES string of the molecule is Cc1c([C@@H](C)NC(=O)c2nc(C3(C)CC3)no2)ccc(-c2ncnc3[nH]c4cc(N5CCN(C(=O)OCc6ccccc6)CC5)ccc4c23)c1F. The summed E-state index contributed by atoms with van der Waals surface area (Å²) in [5.41, 5.74) is 5.10. The minimum Gasteiger partial charge on any atom is -0.445 e. The molecule has 2 amide bonds. The minimum absolute atomic E-state index is 0.105. The fourth-order valence-corrected chi connectivity index (χ4v) is 6.74. The summed E-state index contributed by atoms with van der Waals surface area (Å²) in [6, 6.07) is 18.7. The van der Waals surface area contributed by atoms with Gasteiger partial charge >= 0.3 is 17.9 Å². The molecule has 1 saturated carbocycles. The van der Waals surface area contributed by atoms with Gasteiger partial charge in [0.25, 0.3) is 0 Å². The van der Waals surface area contributed by atoms with Crippen molar-refractivity contribution in [2.45, 2.75) is 51.7 Å². The fourth-order valence-electron chi connectivity index (χ4n) is 6.74. The Morgan fingerprint density at radius 1 is 1.06 bits per heavy atom. The molecule has 6 aromatic rings. The molecular weight excluding hydrogens is 651 g/mol. The average Bonchev–Trinajstić information content (AvgIpc) is 3.53. The van der Waals surface area contributed by atoms with Gasteiger partial charge in [-0.2, -0.15) is 4.98 Å². The van der Waals surface area contributed by atoms with E-state index in [1.54, 1.807) is 30.9 Å².